The average molecular weight is 544 g/mol. The quantitative estimate of drug-likeness (QED) is 0.297. The monoisotopic (exact) mass is 543 g/mol. The predicted octanol–water partition coefficient (Wildman–Crippen LogP) is 3.58. The molecule has 1 amide bonds. The van der Waals surface area contributed by atoms with Gasteiger partial charge in [-0.05, 0) is 60.2 Å². The lowest BCUT2D eigenvalue weighted by Gasteiger charge is -2.20. The number of amides is 1. The van der Waals surface area contributed by atoms with Gasteiger partial charge < -0.3 is 9.47 Å². The van der Waals surface area contributed by atoms with E-state index in [2.05, 4.69) is 10.1 Å². The first-order chi connectivity index (χ1) is 17.6. The third-order valence-electron chi connectivity index (χ3n) is 5.20. The van der Waals surface area contributed by atoms with E-state index in [1.165, 1.54) is 25.1 Å². The maximum Gasteiger partial charge on any atom is 0.283 e. The fourth-order valence-electron chi connectivity index (χ4n) is 3.27. The smallest absolute Gasteiger partial charge is 0.283 e. The summed E-state index contributed by atoms with van der Waals surface area (Å²) in [4.78, 5) is 26.9. The molecule has 1 N–H and O–H groups in total. The van der Waals surface area contributed by atoms with Crippen molar-refractivity contribution in [1.82, 2.24) is 5.01 Å². The fraction of sp³-hybridized carbons (Fsp3) is 0.217. The lowest BCUT2D eigenvalue weighted by atomic mass is 10.1. The molecular formula is C23H21N5O7S2. The van der Waals surface area contributed by atoms with Gasteiger partial charge in [0.1, 0.15) is 6.61 Å². The lowest BCUT2D eigenvalue weighted by Crippen LogP contribution is -2.35. The average Bonchev–Trinajstić information content (AvgIpc) is 3.31. The van der Waals surface area contributed by atoms with Crippen molar-refractivity contribution in [2.24, 2.45) is 10.1 Å². The highest BCUT2D eigenvalue weighted by atomic mass is 32.3. The molecule has 37 heavy (non-hydrogen) atoms. The molecule has 0 spiro atoms. The van der Waals surface area contributed by atoms with Crippen LogP contribution in [0.2, 0.25) is 0 Å². The van der Waals surface area contributed by atoms with E-state index < -0.39 is 20.7 Å². The molecule has 0 fully saturated rings. The third-order valence-corrected chi connectivity index (χ3v) is 8.29. The van der Waals surface area contributed by atoms with Gasteiger partial charge >= 0.3 is 0 Å². The Bertz CT molecular complexity index is 1480. The Morgan fingerprint density at radius 3 is 2.51 bits per heavy atom. The predicted molar refractivity (Wildman–Crippen MR) is 140 cm³/mol. The van der Waals surface area contributed by atoms with Gasteiger partial charge in [-0.15, -0.1) is 5.10 Å². The van der Waals surface area contributed by atoms with E-state index in [0.717, 1.165) is 22.3 Å². The summed E-state index contributed by atoms with van der Waals surface area (Å²) in [6.45, 7) is 3.76. The van der Waals surface area contributed by atoms with Crippen molar-refractivity contribution in [3.63, 3.8) is 0 Å². The zero-order chi connectivity index (χ0) is 26.7. The van der Waals surface area contributed by atoms with Gasteiger partial charge in [-0.3, -0.25) is 20.3 Å². The summed E-state index contributed by atoms with van der Waals surface area (Å²) in [6.07, 6.45) is 1.44. The Balaban J connectivity index is 1.56. The highest BCUT2D eigenvalue weighted by Gasteiger charge is 2.39. The van der Waals surface area contributed by atoms with Gasteiger partial charge in [-0.2, -0.15) is 10.0 Å². The van der Waals surface area contributed by atoms with Crippen LogP contribution in [-0.4, -0.2) is 52.0 Å². The zero-order valence-electron chi connectivity index (χ0n) is 19.7. The number of nitro benzene ring substituents is 1. The van der Waals surface area contributed by atoms with Crippen LogP contribution in [0.3, 0.4) is 0 Å². The van der Waals surface area contributed by atoms with Crippen molar-refractivity contribution >= 4 is 54.6 Å². The van der Waals surface area contributed by atoms with E-state index in [4.69, 9.17) is 14.9 Å². The molecule has 2 heterocycles. The number of sulfone groups is 1. The van der Waals surface area contributed by atoms with Crippen molar-refractivity contribution in [3.8, 4) is 11.5 Å². The van der Waals surface area contributed by atoms with Gasteiger partial charge in [0.25, 0.3) is 11.6 Å². The Labute approximate surface area is 216 Å². The largest absolute Gasteiger partial charge is 0.490 e. The number of benzene rings is 2. The van der Waals surface area contributed by atoms with Gasteiger partial charge in [0, 0.05) is 12.1 Å². The first-order valence-corrected chi connectivity index (χ1v) is 13.5. The molecule has 0 bridgehead atoms. The van der Waals surface area contributed by atoms with Crippen LogP contribution in [0.1, 0.15) is 25.0 Å². The van der Waals surface area contributed by atoms with Crippen LogP contribution in [0.5, 0.6) is 11.5 Å². The van der Waals surface area contributed by atoms with Gasteiger partial charge in [-0.25, -0.2) is 8.42 Å². The number of aliphatic imine (C=N–C) groups is 1. The molecule has 2 aliphatic heterocycles. The normalized spacial score (nSPS) is 16.4. The highest BCUT2D eigenvalue weighted by Crippen LogP contribution is 2.33. The first kappa shape index (κ1) is 26.0. The van der Waals surface area contributed by atoms with E-state index in [1.807, 2.05) is 0 Å². The van der Waals surface area contributed by atoms with Crippen LogP contribution in [0.4, 0.5) is 5.69 Å². The number of ether oxygens (including phenoxy) is 2. The minimum atomic E-state index is -3.62. The lowest BCUT2D eigenvalue weighted by molar-refractivity contribution is -0.384. The fourth-order valence-corrected chi connectivity index (χ4v) is 5.43. The second-order valence-electron chi connectivity index (χ2n) is 7.64. The van der Waals surface area contributed by atoms with Gasteiger partial charge in [0.2, 0.25) is 19.4 Å². The second kappa shape index (κ2) is 10.5. The Morgan fingerprint density at radius 2 is 1.86 bits per heavy atom. The van der Waals surface area contributed by atoms with E-state index in [1.54, 1.807) is 37.3 Å². The number of nitrogens with one attached hydrogen (secondary N) is 1. The molecule has 0 aliphatic carbocycles. The summed E-state index contributed by atoms with van der Waals surface area (Å²) in [7, 11) is -3.62. The minimum Gasteiger partial charge on any atom is -0.490 e. The van der Waals surface area contributed by atoms with E-state index in [9.17, 15) is 23.3 Å². The van der Waals surface area contributed by atoms with Crippen molar-refractivity contribution in [3.05, 3.63) is 69.3 Å². The number of carbonyl (C=O) groups is 1. The number of fused-ring (bicyclic) bond motifs is 1. The van der Waals surface area contributed by atoms with Crippen LogP contribution >= 0.6 is 11.8 Å². The van der Waals surface area contributed by atoms with Crippen LogP contribution in [0, 0.1) is 15.5 Å². The van der Waals surface area contributed by atoms with Crippen LogP contribution < -0.4 is 9.47 Å². The third kappa shape index (κ3) is 5.54. The number of hydrogen-bond donors (Lipinski definition) is 1. The van der Waals surface area contributed by atoms with Crippen LogP contribution in [0.25, 0.3) is 6.08 Å². The number of hydrazone groups is 1. The number of thioether (sulfide) groups is 1. The molecule has 0 atom stereocenters. The van der Waals surface area contributed by atoms with Crippen molar-refractivity contribution in [2.75, 3.05) is 12.4 Å². The van der Waals surface area contributed by atoms with E-state index >= 15 is 0 Å². The molecular weight excluding hydrogens is 522 g/mol. The van der Waals surface area contributed by atoms with Crippen molar-refractivity contribution in [1.29, 1.82) is 5.41 Å². The Hall–Kier alpha value is -4.04. The maximum atomic E-state index is 12.6. The van der Waals surface area contributed by atoms with Gasteiger partial charge in [0.15, 0.2) is 17.3 Å². The summed E-state index contributed by atoms with van der Waals surface area (Å²) in [5.41, 5.74) is 1.17. The molecule has 2 aliphatic rings. The van der Waals surface area contributed by atoms with Crippen LogP contribution in [0.15, 0.2) is 58.1 Å². The molecule has 2 aromatic carbocycles. The summed E-state index contributed by atoms with van der Waals surface area (Å²) in [5, 5.41) is 24.3. The molecule has 0 saturated carbocycles. The molecule has 0 unspecified atom stereocenters. The summed E-state index contributed by atoms with van der Waals surface area (Å²) >= 11 is 0.738. The molecule has 192 valence electrons. The molecule has 12 nitrogen and oxygen atoms in total. The molecule has 0 radical (unpaired) electrons. The summed E-state index contributed by atoms with van der Waals surface area (Å²) in [5.74, 6) is -0.333. The van der Waals surface area contributed by atoms with E-state index in [0.29, 0.717) is 23.7 Å². The molecule has 14 heteroatoms. The SMILES string of the molecule is CCOc1cc(/C=C2/C(=N)N3N=C(S(=O)(=O)CC)SC3=NC2=O)ccc1OCc1ccc([N+](=O)[O-])cc1. The zero-order valence-corrected chi connectivity index (χ0v) is 21.3. The number of rotatable bonds is 8. The number of hydrogen-bond acceptors (Lipinski definition) is 10. The molecule has 0 aromatic heterocycles. The minimum absolute atomic E-state index is 0.0168. The number of non-ortho nitro benzene ring substituents is 1. The molecule has 0 saturated heterocycles. The number of nitro groups is 1. The van der Waals surface area contributed by atoms with Crippen molar-refractivity contribution in [2.45, 2.75) is 20.5 Å². The van der Waals surface area contributed by atoms with Gasteiger partial charge in [0.05, 0.1) is 22.9 Å². The maximum absolute atomic E-state index is 12.6. The van der Waals surface area contributed by atoms with Gasteiger partial charge in [-0.1, -0.05) is 13.0 Å². The summed E-state index contributed by atoms with van der Waals surface area (Å²) < 4.78 is 35.6. The Kier molecular flexibility index (Phi) is 7.40. The number of amidine groups is 2. The highest BCUT2D eigenvalue weighted by molar-refractivity contribution is 8.42. The van der Waals surface area contributed by atoms with Crippen LogP contribution in [-0.2, 0) is 21.2 Å². The number of carbonyl (C=O) groups excluding carboxylic acids is 1. The Morgan fingerprint density at radius 1 is 1.14 bits per heavy atom. The standard InChI is InChI=1S/C23H21N5O7S2/c1-3-34-19-12-15(7-10-18(19)35-13-14-5-8-16(9-6-14)28(30)31)11-17-20(24)27-22(25-21(17)29)36-23(26-27)37(32,33)4-2/h5-12,24H,3-4,13H2,1-2H3/b17-11-,24-20?. The number of nitrogens with zero attached hydrogens (tertiary/aromatic N) is 4. The van der Waals surface area contributed by atoms with E-state index in [-0.39, 0.29) is 39.0 Å². The topological polar surface area (TPSA) is 165 Å². The second-order valence-corrected chi connectivity index (χ2v) is 11.0. The molecule has 4 rings (SSSR count). The van der Waals surface area contributed by atoms with Crippen molar-refractivity contribution < 1.29 is 27.6 Å². The summed E-state index contributed by atoms with van der Waals surface area (Å²) in [6, 6.07) is 10.9. The first-order valence-electron chi connectivity index (χ1n) is 11.0. The molecule has 2 aromatic rings.